The van der Waals surface area contributed by atoms with E-state index in [1.165, 1.54) is 43.2 Å². The van der Waals surface area contributed by atoms with Crippen LogP contribution >= 0.6 is 0 Å². The second kappa shape index (κ2) is 5.13. The molecule has 3 aliphatic rings. The molecule has 0 bridgehead atoms. The zero-order valence-electron chi connectivity index (χ0n) is 12.5. The van der Waals surface area contributed by atoms with Gasteiger partial charge in [-0.2, -0.15) is 0 Å². The number of hydrogen-bond donors (Lipinski definition) is 1. The summed E-state index contributed by atoms with van der Waals surface area (Å²) in [5, 5.41) is 3.09. The Morgan fingerprint density at radius 2 is 1.86 bits per heavy atom. The summed E-state index contributed by atoms with van der Waals surface area (Å²) in [6.07, 6.45) is 8.31. The fourth-order valence-electron chi connectivity index (χ4n) is 4.34. The second-order valence-corrected chi connectivity index (χ2v) is 6.79. The van der Waals surface area contributed by atoms with E-state index < -0.39 is 0 Å². The summed E-state index contributed by atoms with van der Waals surface area (Å²) in [5.41, 5.74) is 3.38. The van der Waals surface area contributed by atoms with Crippen molar-refractivity contribution in [3.8, 4) is 0 Å². The van der Waals surface area contributed by atoms with Gasteiger partial charge in [0.05, 0.1) is 5.41 Å². The highest BCUT2D eigenvalue weighted by molar-refractivity contribution is 6.06. The van der Waals surface area contributed by atoms with E-state index in [-0.39, 0.29) is 11.3 Å². The summed E-state index contributed by atoms with van der Waals surface area (Å²) < 4.78 is 5.49. The van der Waals surface area contributed by atoms with Gasteiger partial charge in [0.2, 0.25) is 5.91 Å². The fourth-order valence-corrected chi connectivity index (χ4v) is 4.34. The third-order valence-corrected chi connectivity index (χ3v) is 5.66. The van der Waals surface area contributed by atoms with Crippen molar-refractivity contribution < 1.29 is 9.53 Å². The molecule has 1 amide bonds. The molecule has 1 saturated carbocycles. The first-order chi connectivity index (χ1) is 10.3. The molecule has 2 heterocycles. The number of carbonyl (C=O) groups is 1. The van der Waals surface area contributed by atoms with Crippen LogP contribution in [0.5, 0.6) is 0 Å². The predicted octanol–water partition coefficient (Wildman–Crippen LogP) is 3.73. The highest BCUT2D eigenvalue weighted by Gasteiger charge is 2.47. The maximum atomic E-state index is 12.5. The van der Waals surface area contributed by atoms with Crippen LogP contribution in [-0.4, -0.2) is 19.1 Å². The molecule has 0 unspecified atom stereocenters. The van der Waals surface area contributed by atoms with Crippen molar-refractivity contribution >= 4 is 11.6 Å². The number of fused-ring (bicyclic) bond motifs is 2. The van der Waals surface area contributed by atoms with Crippen LogP contribution in [0, 0.1) is 0 Å². The summed E-state index contributed by atoms with van der Waals surface area (Å²) in [6.45, 7) is 1.39. The molecule has 1 spiro atoms. The molecule has 1 aromatic carbocycles. The van der Waals surface area contributed by atoms with E-state index in [0.29, 0.717) is 19.1 Å². The minimum absolute atomic E-state index is 0.182. The highest BCUT2D eigenvalue weighted by atomic mass is 16.5. The lowest BCUT2D eigenvalue weighted by molar-refractivity contribution is -0.124. The van der Waals surface area contributed by atoms with Gasteiger partial charge in [-0.05, 0) is 48.8 Å². The number of ether oxygens (including phenoxy) is 1. The molecule has 21 heavy (non-hydrogen) atoms. The molecule has 1 aromatic rings. The van der Waals surface area contributed by atoms with E-state index in [0.717, 1.165) is 18.5 Å². The highest BCUT2D eigenvalue weighted by Crippen LogP contribution is 2.46. The van der Waals surface area contributed by atoms with Crippen molar-refractivity contribution in [2.45, 2.75) is 56.3 Å². The zero-order chi connectivity index (χ0) is 14.3. The normalized spacial score (nSPS) is 24.9. The first kappa shape index (κ1) is 13.3. The molecule has 2 fully saturated rings. The molecule has 3 heteroatoms. The van der Waals surface area contributed by atoms with Crippen LogP contribution in [0.15, 0.2) is 18.2 Å². The Balaban J connectivity index is 1.72. The van der Waals surface area contributed by atoms with Gasteiger partial charge in [-0.25, -0.2) is 0 Å². The van der Waals surface area contributed by atoms with Crippen molar-refractivity contribution in [1.29, 1.82) is 0 Å². The van der Waals surface area contributed by atoms with Crippen LogP contribution in [0.4, 0.5) is 5.69 Å². The van der Waals surface area contributed by atoms with E-state index in [1.807, 2.05) is 0 Å². The molecule has 4 rings (SSSR count). The molecule has 1 N–H and O–H groups in total. The third kappa shape index (κ3) is 2.10. The van der Waals surface area contributed by atoms with Crippen molar-refractivity contribution in [2.75, 3.05) is 18.5 Å². The Morgan fingerprint density at radius 1 is 1.10 bits per heavy atom. The van der Waals surface area contributed by atoms with Crippen molar-refractivity contribution in [3.63, 3.8) is 0 Å². The van der Waals surface area contributed by atoms with E-state index in [4.69, 9.17) is 4.74 Å². The molecule has 1 aliphatic carbocycles. The van der Waals surface area contributed by atoms with Gasteiger partial charge in [0.25, 0.3) is 0 Å². The molecule has 0 atom stereocenters. The smallest absolute Gasteiger partial charge is 0.235 e. The van der Waals surface area contributed by atoms with Gasteiger partial charge in [-0.3, -0.25) is 4.79 Å². The first-order valence-corrected chi connectivity index (χ1v) is 8.33. The van der Waals surface area contributed by atoms with Crippen LogP contribution in [0.2, 0.25) is 0 Å². The summed E-state index contributed by atoms with van der Waals surface area (Å²) >= 11 is 0. The number of hydrogen-bond acceptors (Lipinski definition) is 2. The summed E-state index contributed by atoms with van der Waals surface area (Å²) in [6, 6.07) is 6.68. The van der Waals surface area contributed by atoms with Gasteiger partial charge in [0.15, 0.2) is 0 Å². The summed E-state index contributed by atoms with van der Waals surface area (Å²) in [4.78, 5) is 12.5. The van der Waals surface area contributed by atoms with Crippen LogP contribution in [0.3, 0.4) is 0 Å². The van der Waals surface area contributed by atoms with Gasteiger partial charge in [-0.1, -0.05) is 31.4 Å². The molecule has 1 saturated heterocycles. The molecule has 2 aliphatic heterocycles. The Morgan fingerprint density at radius 3 is 2.62 bits per heavy atom. The predicted molar refractivity (Wildman–Crippen MR) is 82.6 cm³/mol. The lowest BCUT2D eigenvalue weighted by Gasteiger charge is -2.32. The summed E-state index contributed by atoms with van der Waals surface area (Å²) in [5.74, 6) is 0.873. The maximum Gasteiger partial charge on any atom is 0.235 e. The zero-order valence-corrected chi connectivity index (χ0v) is 12.5. The number of anilines is 1. The average molecular weight is 285 g/mol. The molecule has 0 aromatic heterocycles. The molecular weight excluding hydrogens is 262 g/mol. The fraction of sp³-hybridized carbons (Fsp3) is 0.611. The standard InChI is InChI=1S/C18H23NO2/c20-17-18(8-10-21-11-9-18)15-12-14(6-7-16(15)19-17)13-4-2-1-3-5-13/h6-7,12-13H,1-5,8-11H2,(H,19,20). The first-order valence-electron chi connectivity index (χ1n) is 8.33. The Hall–Kier alpha value is -1.35. The topological polar surface area (TPSA) is 38.3 Å². The van der Waals surface area contributed by atoms with Gasteiger partial charge in [0, 0.05) is 18.9 Å². The maximum absolute atomic E-state index is 12.5. The summed E-state index contributed by atoms with van der Waals surface area (Å²) in [7, 11) is 0. The molecule has 0 radical (unpaired) electrons. The minimum atomic E-state index is -0.321. The Labute approximate surface area is 126 Å². The van der Waals surface area contributed by atoms with E-state index in [2.05, 4.69) is 23.5 Å². The molecule has 3 nitrogen and oxygen atoms in total. The Kier molecular flexibility index (Phi) is 3.26. The van der Waals surface area contributed by atoms with E-state index in [9.17, 15) is 4.79 Å². The average Bonchev–Trinajstić information content (AvgIpc) is 2.81. The monoisotopic (exact) mass is 285 g/mol. The lowest BCUT2D eigenvalue weighted by Crippen LogP contribution is -2.40. The van der Waals surface area contributed by atoms with Gasteiger partial charge < -0.3 is 10.1 Å². The lowest BCUT2D eigenvalue weighted by atomic mass is 9.73. The van der Waals surface area contributed by atoms with Gasteiger partial charge in [0.1, 0.15) is 0 Å². The van der Waals surface area contributed by atoms with Crippen molar-refractivity contribution in [3.05, 3.63) is 29.3 Å². The SMILES string of the molecule is O=C1Nc2ccc(C3CCCCC3)cc2C12CCOCC2. The van der Waals surface area contributed by atoms with Crippen LogP contribution in [0.25, 0.3) is 0 Å². The second-order valence-electron chi connectivity index (χ2n) is 6.79. The van der Waals surface area contributed by atoms with Gasteiger partial charge >= 0.3 is 0 Å². The minimum Gasteiger partial charge on any atom is -0.381 e. The Bertz CT molecular complexity index is 554. The number of amides is 1. The molecular formula is C18H23NO2. The quantitative estimate of drug-likeness (QED) is 0.853. The van der Waals surface area contributed by atoms with Crippen LogP contribution in [0.1, 0.15) is 62.0 Å². The van der Waals surface area contributed by atoms with E-state index in [1.54, 1.807) is 0 Å². The molecule has 112 valence electrons. The van der Waals surface area contributed by atoms with E-state index >= 15 is 0 Å². The third-order valence-electron chi connectivity index (χ3n) is 5.66. The largest absolute Gasteiger partial charge is 0.381 e. The van der Waals surface area contributed by atoms with Gasteiger partial charge in [-0.15, -0.1) is 0 Å². The van der Waals surface area contributed by atoms with Crippen molar-refractivity contribution in [2.24, 2.45) is 0 Å². The number of benzene rings is 1. The number of nitrogens with one attached hydrogen (secondary N) is 1. The van der Waals surface area contributed by atoms with Crippen LogP contribution in [-0.2, 0) is 14.9 Å². The number of carbonyl (C=O) groups excluding carboxylic acids is 1. The van der Waals surface area contributed by atoms with Crippen LogP contribution < -0.4 is 5.32 Å². The number of rotatable bonds is 1. The van der Waals surface area contributed by atoms with Crippen molar-refractivity contribution in [1.82, 2.24) is 0 Å².